The van der Waals surface area contributed by atoms with Crippen LogP contribution in [-0.4, -0.2) is 26.4 Å². The van der Waals surface area contributed by atoms with E-state index < -0.39 is 0 Å². The highest BCUT2D eigenvalue weighted by Gasteiger charge is 2.27. The fourth-order valence-corrected chi connectivity index (χ4v) is 9.69. The molecule has 0 bridgehead atoms. The number of rotatable bonds is 0. The van der Waals surface area contributed by atoms with E-state index in [1.807, 2.05) is 116 Å². The molecule has 1 aliphatic heterocycles. The van der Waals surface area contributed by atoms with Gasteiger partial charge in [0.1, 0.15) is 11.7 Å². The number of thiophene rings is 1. The molecule has 0 fully saturated rings. The van der Waals surface area contributed by atoms with E-state index >= 15 is 0 Å². The van der Waals surface area contributed by atoms with Gasteiger partial charge in [0, 0.05) is 58.1 Å². The molecule has 8 aromatic carbocycles. The maximum absolute atomic E-state index is 11.2. The van der Waals surface area contributed by atoms with E-state index in [1.165, 1.54) is 71.6 Å². The van der Waals surface area contributed by atoms with Gasteiger partial charge in [-0.2, -0.15) is 0 Å². The molecule has 0 radical (unpaired) electrons. The van der Waals surface area contributed by atoms with Crippen molar-refractivity contribution in [1.82, 2.24) is 14.5 Å². The molecule has 16 rings (SSSR count). The minimum Gasteiger partial charge on any atom is -0.493 e. The van der Waals surface area contributed by atoms with Crippen LogP contribution in [0.2, 0.25) is 0 Å². The van der Waals surface area contributed by atoms with E-state index in [9.17, 15) is 4.79 Å². The molecule has 5 aromatic heterocycles. The Kier molecular flexibility index (Phi) is 19.5. The molecule has 7 heteroatoms. The molecule has 2 aliphatic carbocycles. The number of furan rings is 1. The van der Waals surface area contributed by atoms with Crippen LogP contribution >= 0.6 is 11.3 Å². The number of ether oxygens (including phenoxy) is 1. The van der Waals surface area contributed by atoms with Crippen LogP contribution < -0.4 is 0 Å². The number of fused-ring (bicyclic) bond motifs is 8. The first-order chi connectivity index (χ1) is 39.0. The van der Waals surface area contributed by atoms with E-state index in [0.29, 0.717) is 0 Å². The SMILES string of the molecule is C1=Cc2ccccc2C1.Cc1ccnc2ccccc12.Cn1ccc2ccccc21.O=C1C=COC2C=CC=CC12.c1ccc2ccccc2c1.c1ccc2ncccc2c1.c1ccc2occc2c1.c1ccc2sccc2c1. The average molecular weight is 1050 g/mol. The van der Waals surface area contributed by atoms with Gasteiger partial charge < -0.3 is 13.7 Å². The Labute approximate surface area is 466 Å². The number of aromatic nitrogens is 3. The number of para-hydroxylation sites is 4. The fourth-order valence-electron chi connectivity index (χ4n) is 8.90. The smallest absolute Gasteiger partial charge is 0.169 e. The van der Waals surface area contributed by atoms with Gasteiger partial charge in [-0.1, -0.05) is 200 Å². The van der Waals surface area contributed by atoms with Gasteiger partial charge in [-0.15, -0.1) is 11.3 Å². The molecule has 13 aromatic rings. The number of pyridine rings is 2. The first kappa shape index (κ1) is 54.1. The van der Waals surface area contributed by atoms with Crippen LogP contribution in [0.5, 0.6) is 0 Å². The summed E-state index contributed by atoms with van der Waals surface area (Å²) in [7, 11) is 2.06. The number of allylic oxidation sites excluding steroid dienone is 4. The number of ketones is 1. The molecule has 6 heterocycles. The number of hydrogen-bond acceptors (Lipinski definition) is 6. The van der Waals surface area contributed by atoms with E-state index in [4.69, 9.17) is 9.15 Å². The molecule has 0 amide bonds. The molecule has 0 saturated carbocycles. The number of benzene rings is 8. The van der Waals surface area contributed by atoms with Crippen LogP contribution in [-0.2, 0) is 23.0 Å². The van der Waals surface area contributed by atoms with E-state index in [1.54, 1.807) is 17.6 Å². The lowest BCUT2D eigenvalue weighted by molar-refractivity contribution is -0.120. The Morgan fingerprint density at radius 3 is 1.87 bits per heavy atom. The van der Waals surface area contributed by atoms with Crippen LogP contribution in [0.3, 0.4) is 0 Å². The summed E-state index contributed by atoms with van der Waals surface area (Å²) in [6, 6.07) is 78.4. The molecule has 2 atom stereocenters. The summed E-state index contributed by atoms with van der Waals surface area (Å²) in [5, 5.41) is 11.0. The third kappa shape index (κ3) is 15.5. The molecule has 6 nitrogen and oxygen atoms in total. The zero-order chi connectivity index (χ0) is 54.3. The maximum atomic E-state index is 11.2. The van der Waals surface area contributed by atoms with Crippen molar-refractivity contribution in [2.45, 2.75) is 19.4 Å². The first-order valence-corrected chi connectivity index (χ1v) is 27.2. The standard InChI is InChI=1S/C10H9N.C10H8.C9H9N.C9H7N.C9H8O2.C9H8.C8H6O.C8H6S/c1-8-6-7-11-10-5-3-2-4-9(8)10;1-2-6-10-8-4-3-7-9(10)5-1;1-10-7-6-8-4-2-3-5-9(8)10;1-2-6-9-8(4-1)5-3-7-10-9;10-8-5-6-11-9-4-2-1-3-7(8)9;1-2-5-9-7-3-6-8(9)4-1;2*1-2-4-8-7(3-1)5-6-9-8/h2-7H,1H3;1-8H;2-7H,1H3;1-7H;1-7,9H;1-6H,7H2;2*1-6H. The highest BCUT2D eigenvalue weighted by Crippen LogP contribution is 2.22. The van der Waals surface area contributed by atoms with Crippen molar-refractivity contribution in [3.8, 4) is 0 Å². The maximum Gasteiger partial charge on any atom is 0.169 e. The van der Waals surface area contributed by atoms with Gasteiger partial charge in [-0.05, 0) is 124 Å². The summed E-state index contributed by atoms with van der Waals surface area (Å²) in [5.74, 6) is 0.0341. The van der Waals surface area contributed by atoms with Gasteiger partial charge >= 0.3 is 0 Å². The Bertz CT molecular complexity index is 3810. The lowest BCUT2D eigenvalue weighted by Crippen LogP contribution is -2.29. The summed E-state index contributed by atoms with van der Waals surface area (Å²) in [5.41, 5.74) is 8.52. The van der Waals surface area contributed by atoms with Crippen molar-refractivity contribution in [1.29, 1.82) is 0 Å². The van der Waals surface area contributed by atoms with Crippen LogP contribution in [0.15, 0.2) is 308 Å². The second-order valence-corrected chi connectivity index (χ2v) is 19.4. The van der Waals surface area contributed by atoms with Gasteiger partial charge in [-0.25, -0.2) is 0 Å². The number of nitrogens with zero attached hydrogens (tertiary/aromatic N) is 3. The summed E-state index contributed by atoms with van der Waals surface area (Å²) >= 11 is 1.79. The lowest BCUT2D eigenvalue weighted by Gasteiger charge is -2.24. The van der Waals surface area contributed by atoms with Crippen molar-refractivity contribution in [3.05, 3.63) is 320 Å². The molecular formula is C72H61N3O3S. The van der Waals surface area contributed by atoms with E-state index in [-0.39, 0.29) is 17.8 Å². The number of aryl methyl sites for hydroxylation is 2. The van der Waals surface area contributed by atoms with Gasteiger partial charge in [0.25, 0.3) is 0 Å². The third-order valence-electron chi connectivity index (χ3n) is 13.1. The largest absolute Gasteiger partial charge is 0.493 e. The Morgan fingerprint density at radius 1 is 0.532 bits per heavy atom. The number of carbonyl (C=O) groups is 1. The summed E-state index contributed by atoms with van der Waals surface area (Å²) < 4.78 is 13.8. The van der Waals surface area contributed by atoms with E-state index in [2.05, 4.69) is 204 Å². The Morgan fingerprint density at radius 2 is 1.15 bits per heavy atom. The zero-order valence-electron chi connectivity index (χ0n) is 44.3. The highest BCUT2D eigenvalue weighted by atomic mass is 32.1. The second kappa shape index (κ2) is 28.4. The average Bonchev–Trinajstić information content (AvgIpc) is 4.39. The summed E-state index contributed by atoms with van der Waals surface area (Å²) in [6.07, 6.45) is 23.3. The van der Waals surface area contributed by atoms with Gasteiger partial charge in [0.15, 0.2) is 5.78 Å². The molecule has 0 spiro atoms. The van der Waals surface area contributed by atoms with Crippen LogP contribution in [0.25, 0.3) is 70.6 Å². The molecule has 0 saturated heterocycles. The minimum absolute atomic E-state index is 0.0718. The molecule has 388 valence electrons. The van der Waals surface area contributed by atoms with Gasteiger partial charge in [0.05, 0.1) is 29.5 Å². The normalized spacial score (nSPS) is 13.8. The number of hydrogen-bond donors (Lipinski definition) is 0. The predicted molar refractivity (Wildman–Crippen MR) is 333 cm³/mol. The Balaban J connectivity index is 0.000000110. The zero-order valence-corrected chi connectivity index (χ0v) is 45.1. The molecule has 2 unspecified atom stereocenters. The van der Waals surface area contributed by atoms with E-state index in [0.717, 1.165) is 28.4 Å². The van der Waals surface area contributed by atoms with Crippen LogP contribution in [0, 0.1) is 12.8 Å². The molecule has 0 N–H and O–H groups in total. The van der Waals surface area contributed by atoms with Crippen molar-refractivity contribution in [2.24, 2.45) is 13.0 Å². The topological polar surface area (TPSA) is 70.2 Å². The third-order valence-corrected chi connectivity index (χ3v) is 14.0. The fraction of sp³-hybridized carbons (Fsp3) is 0.0694. The van der Waals surface area contributed by atoms with Crippen molar-refractivity contribution in [3.63, 3.8) is 0 Å². The summed E-state index contributed by atoms with van der Waals surface area (Å²) in [6.45, 7) is 2.10. The highest BCUT2D eigenvalue weighted by molar-refractivity contribution is 7.17. The second-order valence-electron chi connectivity index (χ2n) is 18.5. The van der Waals surface area contributed by atoms with Crippen LogP contribution in [0.4, 0.5) is 0 Å². The van der Waals surface area contributed by atoms with Gasteiger partial charge in [-0.3, -0.25) is 14.8 Å². The van der Waals surface area contributed by atoms with Gasteiger partial charge in [0.2, 0.25) is 0 Å². The lowest BCUT2D eigenvalue weighted by atomic mass is 9.92. The molecule has 79 heavy (non-hydrogen) atoms. The minimum atomic E-state index is -0.0926. The Hall–Kier alpha value is -9.69. The molecule has 3 aliphatic rings. The van der Waals surface area contributed by atoms with Crippen molar-refractivity contribution >= 4 is 87.7 Å². The van der Waals surface area contributed by atoms with Crippen LogP contribution in [0.1, 0.15) is 16.7 Å². The predicted octanol–water partition coefficient (Wildman–Crippen LogP) is 18.6. The van der Waals surface area contributed by atoms with Crippen molar-refractivity contribution < 1.29 is 13.9 Å². The quantitative estimate of drug-likeness (QED) is 0.151. The first-order valence-electron chi connectivity index (χ1n) is 26.3. The number of carbonyl (C=O) groups excluding carboxylic acids is 1. The molecular weight excluding hydrogens is 987 g/mol. The monoisotopic (exact) mass is 1050 g/mol. The van der Waals surface area contributed by atoms with Crippen molar-refractivity contribution in [2.75, 3.05) is 0 Å². The summed E-state index contributed by atoms with van der Waals surface area (Å²) in [4.78, 5) is 19.6.